The van der Waals surface area contributed by atoms with Gasteiger partial charge in [0.15, 0.2) is 5.82 Å². The van der Waals surface area contributed by atoms with Crippen LogP contribution in [0, 0.1) is 0 Å². The number of benzene rings is 2. The standard InChI is InChI=1S/C20H22N4O3/c1-3-23(14-15-8-6-5-7-9-15)19-18(20(25)26)21-24(22-19)16-10-12-17(13-11-16)27-4-2/h5-13H,3-4,14H2,1-2H3,(H,25,26). The summed E-state index contributed by atoms with van der Waals surface area (Å²) in [6, 6.07) is 17.1. The SMILES string of the molecule is CCOc1ccc(-n2nc(C(=O)O)c(N(CC)Cc3ccccc3)n2)cc1. The van der Waals surface area contributed by atoms with Gasteiger partial charge in [-0.05, 0) is 43.7 Å². The number of rotatable bonds is 8. The molecular formula is C20H22N4O3. The molecule has 0 saturated heterocycles. The highest BCUT2D eigenvalue weighted by Crippen LogP contribution is 2.21. The van der Waals surface area contributed by atoms with Crippen LogP contribution in [0.15, 0.2) is 54.6 Å². The molecule has 0 atom stereocenters. The number of aromatic carboxylic acids is 1. The van der Waals surface area contributed by atoms with Crippen LogP contribution in [0.4, 0.5) is 5.82 Å². The molecular weight excluding hydrogens is 344 g/mol. The van der Waals surface area contributed by atoms with Crippen LogP contribution in [0.25, 0.3) is 5.69 Å². The summed E-state index contributed by atoms with van der Waals surface area (Å²) in [5.74, 6) is -0.0113. The van der Waals surface area contributed by atoms with E-state index >= 15 is 0 Å². The highest BCUT2D eigenvalue weighted by Gasteiger charge is 2.23. The quantitative estimate of drug-likeness (QED) is 0.658. The molecule has 2 aromatic carbocycles. The fraction of sp³-hybridized carbons (Fsp3) is 0.250. The van der Waals surface area contributed by atoms with E-state index in [2.05, 4.69) is 10.2 Å². The Morgan fingerprint density at radius 1 is 1.07 bits per heavy atom. The van der Waals surface area contributed by atoms with Gasteiger partial charge >= 0.3 is 5.97 Å². The Balaban J connectivity index is 1.93. The molecule has 1 aromatic heterocycles. The van der Waals surface area contributed by atoms with Gasteiger partial charge in [0.2, 0.25) is 5.69 Å². The minimum atomic E-state index is -1.10. The average molecular weight is 366 g/mol. The summed E-state index contributed by atoms with van der Waals surface area (Å²) in [5.41, 5.74) is 1.68. The zero-order chi connectivity index (χ0) is 19.2. The fourth-order valence-corrected chi connectivity index (χ4v) is 2.75. The van der Waals surface area contributed by atoms with Gasteiger partial charge in [-0.1, -0.05) is 30.3 Å². The van der Waals surface area contributed by atoms with Crippen molar-refractivity contribution in [3.63, 3.8) is 0 Å². The van der Waals surface area contributed by atoms with Crippen molar-refractivity contribution in [1.82, 2.24) is 15.0 Å². The van der Waals surface area contributed by atoms with E-state index in [0.717, 1.165) is 11.3 Å². The molecule has 0 fully saturated rings. The summed E-state index contributed by atoms with van der Waals surface area (Å²) in [7, 11) is 0. The Morgan fingerprint density at radius 2 is 1.78 bits per heavy atom. The Morgan fingerprint density at radius 3 is 2.37 bits per heavy atom. The lowest BCUT2D eigenvalue weighted by atomic mass is 10.2. The largest absolute Gasteiger partial charge is 0.494 e. The van der Waals surface area contributed by atoms with E-state index in [1.165, 1.54) is 4.80 Å². The summed E-state index contributed by atoms with van der Waals surface area (Å²) < 4.78 is 5.43. The number of hydrogen-bond acceptors (Lipinski definition) is 5. The Labute approximate surface area is 157 Å². The lowest BCUT2D eigenvalue weighted by Gasteiger charge is -2.20. The summed E-state index contributed by atoms with van der Waals surface area (Å²) >= 11 is 0. The first-order chi connectivity index (χ1) is 13.1. The lowest BCUT2D eigenvalue weighted by molar-refractivity contribution is 0.0690. The van der Waals surface area contributed by atoms with Crippen LogP contribution in [0.5, 0.6) is 5.75 Å². The molecule has 0 radical (unpaired) electrons. The zero-order valence-electron chi connectivity index (χ0n) is 15.4. The molecule has 1 N–H and O–H groups in total. The van der Waals surface area contributed by atoms with Crippen molar-refractivity contribution in [2.45, 2.75) is 20.4 Å². The van der Waals surface area contributed by atoms with Gasteiger partial charge < -0.3 is 14.7 Å². The number of nitrogens with zero attached hydrogens (tertiary/aromatic N) is 4. The third-order valence-electron chi connectivity index (χ3n) is 4.07. The van der Waals surface area contributed by atoms with Crippen molar-refractivity contribution in [3.8, 4) is 11.4 Å². The number of hydrogen-bond donors (Lipinski definition) is 1. The molecule has 0 aliphatic heterocycles. The van der Waals surface area contributed by atoms with Crippen LogP contribution in [-0.4, -0.2) is 39.2 Å². The maximum Gasteiger partial charge on any atom is 0.360 e. The fourth-order valence-electron chi connectivity index (χ4n) is 2.75. The number of carboxylic acids is 1. The van der Waals surface area contributed by atoms with E-state index in [0.29, 0.717) is 31.2 Å². The van der Waals surface area contributed by atoms with Crippen molar-refractivity contribution in [2.24, 2.45) is 0 Å². The first-order valence-electron chi connectivity index (χ1n) is 8.85. The van der Waals surface area contributed by atoms with Gasteiger partial charge in [-0.15, -0.1) is 15.0 Å². The molecule has 0 saturated carbocycles. The number of carbonyl (C=O) groups is 1. The van der Waals surface area contributed by atoms with Crippen LogP contribution < -0.4 is 9.64 Å². The lowest BCUT2D eigenvalue weighted by Crippen LogP contribution is -2.24. The van der Waals surface area contributed by atoms with Gasteiger partial charge in [-0.3, -0.25) is 0 Å². The van der Waals surface area contributed by atoms with Crippen LogP contribution >= 0.6 is 0 Å². The maximum atomic E-state index is 11.7. The third kappa shape index (κ3) is 4.25. The Hall–Kier alpha value is -3.35. The van der Waals surface area contributed by atoms with E-state index in [1.807, 2.05) is 61.2 Å². The van der Waals surface area contributed by atoms with Crippen LogP contribution in [-0.2, 0) is 6.54 Å². The molecule has 1 heterocycles. The van der Waals surface area contributed by atoms with Gasteiger partial charge in [0, 0.05) is 13.1 Å². The second kappa shape index (κ2) is 8.35. The number of carboxylic acid groups (broad SMARTS) is 1. The van der Waals surface area contributed by atoms with Crippen molar-refractivity contribution in [2.75, 3.05) is 18.1 Å². The smallest absolute Gasteiger partial charge is 0.360 e. The monoisotopic (exact) mass is 366 g/mol. The number of aromatic nitrogens is 3. The Bertz CT molecular complexity index is 891. The number of ether oxygens (including phenoxy) is 1. The van der Waals surface area contributed by atoms with Gasteiger partial charge in [-0.25, -0.2) is 4.79 Å². The summed E-state index contributed by atoms with van der Waals surface area (Å²) in [6.07, 6.45) is 0. The predicted octanol–water partition coefficient (Wildman–Crippen LogP) is 3.39. The molecule has 7 nitrogen and oxygen atoms in total. The molecule has 0 bridgehead atoms. The minimum Gasteiger partial charge on any atom is -0.494 e. The van der Waals surface area contributed by atoms with Crippen molar-refractivity contribution in [1.29, 1.82) is 0 Å². The topological polar surface area (TPSA) is 80.5 Å². The second-order valence-corrected chi connectivity index (χ2v) is 5.89. The van der Waals surface area contributed by atoms with Crippen LogP contribution in [0.1, 0.15) is 29.9 Å². The van der Waals surface area contributed by atoms with E-state index in [4.69, 9.17) is 4.74 Å². The van der Waals surface area contributed by atoms with Crippen molar-refractivity contribution in [3.05, 3.63) is 65.9 Å². The minimum absolute atomic E-state index is 0.0679. The first kappa shape index (κ1) is 18.4. The third-order valence-corrected chi connectivity index (χ3v) is 4.07. The molecule has 140 valence electrons. The molecule has 0 amide bonds. The average Bonchev–Trinajstić information content (AvgIpc) is 3.13. The molecule has 3 rings (SSSR count). The second-order valence-electron chi connectivity index (χ2n) is 5.89. The normalized spacial score (nSPS) is 10.6. The molecule has 0 unspecified atom stereocenters. The van der Waals surface area contributed by atoms with Gasteiger partial charge in [0.25, 0.3) is 0 Å². The van der Waals surface area contributed by atoms with Crippen LogP contribution in [0.2, 0.25) is 0 Å². The molecule has 0 aliphatic carbocycles. The highest BCUT2D eigenvalue weighted by atomic mass is 16.5. The highest BCUT2D eigenvalue weighted by molar-refractivity contribution is 5.91. The van der Waals surface area contributed by atoms with E-state index in [1.54, 1.807) is 12.1 Å². The number of anilines is 1. The van der Waals surface area contributed by atoms with E-state index in [9.17, 15) is 9.90 Å². The molecule has 7 heteroatoms. The van der Waals surface area contributed by atoms with E-state index < -0.39 is 5.97 Å². The Kier molecular flexibility index (Phi) is 5.71. The summed E-state index contributed by atoms with van der Waals surface area (Å²) in [6.45, 7) is 5.62. The van der Waals surface area contributed by atoms with Crippen LogP contribution in [0.3, 0.4) is 0 Å². The molecule has 27 heavy (non-hydrogen) atoms. The van der Waals surface area contributed by atoms with E-state index in [-0.39, 0.29) is 5.69 Å². The van der Waals surface area contributed by atoms with Crippen molar-refractivity contribution >= 4 is 11.8 Å². The van der Waals surface area contributed by atoms with Gasteiger partial charge in [-0.2, -0.15) is 0 Å². The molecule has 0 aliphatic rings. The molecule has 3 aromatic rings. The molecule has 0 spiro atoms. The van der Waals surface area contributed by atoms with Crippen molar-refractivity contribution < 1.29 is 14.6 Å². The predicted molar refractivity (Wildman–Crippen MR) is 103 cm³/mol. The first-order valence-corrected chi connectivity index (χ1v) is 8.85. The zero-order valence-corrected chi connectivity index (χ0v) is 15.4. The summed E-state index contributed by atoms with van der Waals surface area (Å²) in [4.78, 5) is 15.0. The summed E-state index contributed by atoms with van der Waals surface area (Å²) in [5, 5.41) is 18.2. The maximum absolute atomic E-state index is 11.7. The van der Waals surface area contributed by atoms with Gasteiger partial charge in [0.05, 0.1) is 12.3 Å². The van der Waals surface area contributed by atoms with Gasteiger partial charge in [0.1, 0.15) is 5.75 Å².